The molecule has 0 spiro atoms. The Labute approximate surface area is 95.8 Å². The average Bonchev–Trinajstić information content (AvgIpc) is 2.25. The van der Waals surface area contributed by atoms with Crippen molar-refractivity contribution in [2.45, 2.75) is 20.5 Å². The van der Waals surface area contributed by atoms with Gasteiger partial charge in [0.2, 0.25) is 0 Å². The zero-order chi connectivity index (χ0) is 12.0. The standard InChI is InChI=1S/C12H18N2O2/c1-9-3-4-11(10(2)7-9)8-16-12(15)14-6-5-13/h3-4,7H,5-6,8,13H2,1-2H3,(H,14,15). The number of nitrogens with one attached hydrogen (secondary N) is 1. The van der Waals surface area contributed by atoms with Crippen LogP contribution in [0.15, 0.2) is 18.2 Å². The van der Waals surface area contributed by atoms with Crippen LogP contribution in [-0.4, -0.2) is 19.2 Å². The van der Waals surface area contributed by atoms with Gasteiger partial charge in [-0.25, -0.2) is 4.79 Å². The Hall–Kier alpha value is -1.55. The van der Waals surface area contributed by atoms with Gasteiger partial charge in [0.15, 0.2) is 0 Å². The summed E-state index contributed by atoms with van der Waals surface area (Å²) in [6, 6.07) is 6.04. The second-order valence-electron chi connectivity index (χ2n) is 3.72. The highest BCUT2D eigenvalue weighted by molar-refractivity contribution is 5.67. The molecule has 0 atom stereocenters. The molecule has 1 aromatic rings. The summed E-state index contributed by atoms with van der Waals surface area (Å²) in [5.41, 5.74) is 8.61. The number of amides is 1. The first-order chi connectivity index (χ1) is 7.63. The summed E-state index contributed by atoms with van der Waals surface area (Å²) in [7, 11) is 0. The van der Waals surface area contributed by atoms with E-state index in [-0.39, 0.29) is 0 Å². The van der Waals surface area contributed by atoms with E-state index in [4.69, 9.17) is 10.5 Å². The maximum absolute atomic E-state index is 11.2. The third kappa shape index (κ3) is 3.90. The third-order valence-corrected chi connectivity index (χ3v) is 2.27. The predicted octanol–water partition coefficient (Wildman–Crippen LogP) is 1.49. The van der Waals surface area contributed by atoms with Crippen LogP contribution < -0.4 is 11.1 Å². The lowest BCUT2D eigenvalue weighted by Crippen LogP contribution is -2.29. The minimum Gasteiger partial charge on any atom is -0.445 e. The van der Waals surface area contributed by atoms with Crippen LogP contribution in [0.3, 0.4) is 0 Å². The molecule has 0 aromatic heterocycles. The SMILES string of the molecule is Cc1ccc(COC(=O)NCCN)c(C)c1. The summed E-state index contributed by atoms with van der Waals surface area (Å²) in [4.78, 5) is 11.2. The molecule has 0 aliphatic rings. The smallest absolute Gasteiger partial charge is 0.407 e. The quantitative estimate of drug-likeness (QED) is 0.811. The van der Waals surface area contributed by atoms with Crippen molar-refractivity contribution >= 4 is 6.09 Å². The number of carbonyl (C=O) groups excluding carboxylic acids is 1. The first kappa shape index (κ1) is 12.5. The molecule has 4 nitrogen and oxygen atoms in total. The van der Waals surface area contributed by atoms with Gasteiger partial charge in [0, 0.05) is 13.1 Å². The Morgan fingerprint density at radius 1 is 1.44 bits per heavy atom. The van der Waals surface area contributed by atoms with Crippen LogP contribution in [0.25, 0.3) is 0 Å². The molecule has 0 unspecified atom stereocenters. The molecule has 0 aliphatic carbocycles. The molecule has 0 fully saturated rings. The Kier molecular flexibility index (Phi) is 4.79. The number of ether oxygens (including phenoxy) is 1. The van der Waals surface area contributed by atoms with E-state index < -0.39 is 6.09 Å². The zero-order valence-corrected chi connectivity index (χ0v) is 9.75. The van der Waals surface area contributed by atoms with E-state index in [0.29, 0.717) is 19.7 Å². The van der Waals surface area contributed by atoms with Crippen molar-refractivity contribution in [3.05, 3.63) is 34.9 Å². The normalized spacial score (nSPS) is 9.94. The monoisotopic (exact) mass is 222 g/mol. The van der Waals surface area contributed by atoms with Crippen LogP contribution in [0.5, 0.6) is 0 Å². The average molecular weight is 222 g/mol. The fourth-order valence-electron chi connectivity index (χ4n) is 1.38. The Bertz CT molecular complexity index is 364. The summed E-state index contributed by atoms with van der Waals surface area (Å²) >= 11 is 0. The van der Waals surface area contributed by atoms with Gasteiger partial charge in [-0.2, -0.15) is 0 Å². The fourth-order valence-corrected chi connectivity index (χ4v) is 1.38. The van der Waals surface area contributed by atoms with Gasteiger partial charge < -0.3 is 15.8 Å². The molecular formula is C12H18N2O2. The molecule has 1 rings (SSSR count). The number of aryl methyl sites for hydroxylation is 2. The summed E-state index contributed by atoms with van der Waals surface area (Å²) < 4.78 is 5.05. The van der Waals surface area contributed by atoms with Gasteiger partial charge in [0.1, 0.15) is 6.61 Å². The lowest BCUT2D eigenvalue weighted by molar-refractivity contribution is 0.140. The first-order valence-corrected chi connectivity index (χ1v) is 5.30. The van der Waals surface area contributed by atoms with Crippen molar-refractivity contribution in [3.8, 4) is 0 Å². The van der Waals surface area contributed by atoms with E-state index >= 15 is 0 Å². The van der Waals surface area contributed by atoms with Crippen LogP contribution in [0.1, 0.15) is 16.7 Å². The maximum atomic E-state index is 11.2. The van der Waals surface area contributed by atoms with Crippen molar-refractivity contribution < 1.29 is 9.53 Å². The number of benzene rings is 1. The highest BCUT2D eigenvalue weighted by Gasteiger charge is 2.03. The van der Waals surface area contributed by atoms with Crippen molar-refractivity contribution in [3.63, 3.8) is 0 Å². The summed E-state index contributed by atoms with van der Waals surface area (Å²) in [6.07, 6.45) is -0.426. The molecule has 88 valence electrons. The number of hydrogen-bond donors (Lipinski definition) is 2. The van der Waals surface area contributed by atoms with Crippen LogP contribution in [-0.2, 0) is 11.3 Å². The molecular weight excluding hydrogens is 204 g/mol. The second kappa shape index (κ2) is 6.12. The second-order valence-corrected chi connectivity index (χ2v) is 3.72. The van der Waals surface area contributed by atoms with E-state index in [2.05, 4.69) is 11.4 Å². The third-order valence-electron chi connectivity index (χ3n) is 2.27. The number of alkyl carbamates (subject to hydrolysis) is 1. The number of nitrogens with two attached hydrogens (primary N) is 1. The Balaban J connectivity index is 2.45. The van der Waals surface area contributed by atoms with Crippen molar-refractivity contribution in [2.75, 3.05) is 13.1 Å². The molecule has 0 saturated heterocycles. The van der Waals surface area contributed by atoms with Gasteiger partial charge in [0.05, 0.1) is 0 Å². The summed E-state index contributed by atoms with van der Waals surface area (Å²) in [5, 5.41) is 2.55. The summed E-state index contributed by atoms with van der Waals surface area (Å²) in [5.74, 6) is 0. The molecule has 4 heteroatoms. The topological polar surface area (TPSA) is 64.3 Å². The molecule has 0 saturated carbocycles. The van der Waals surface area contributed by atoms with Gasteiger partial charge in [0.25, 0.3) is 0 Å². The van der Waals surface area contributed by atoms with Gasteiger partial charge in [-0.05, 0) is 25.0 Å². The van der Waals surface area contributed by atoms with Crippen molar-refractivity contribution in [1.29, 1.82) is 0 Å². The van der Waals surface area contributed by atoms with Crippen LogP contribution in [0, 0.1) is 13.8 Å². The molecule has 0 bridgehead atoms. The van der Waals surface area contributed by atoms with Gasteiger partial charge in [-0.1, -0.05) is 23.8 Å². The molecule has 16 heavy (non-hydrogen) atoms. The molecule has 1 amide bonds. The number of hydrogen-bond acceptors (Lipinski definition) is 3. The predicted molar refractivity (Wildman–Crippen MR) is 63.2 cm³/mol. The van der Waals surface area contributed by atoms with Gasteiger partial charge >= 0.3 is 6.09 Å². The van der Waals surface area contributed by atoms with Gasteiger partial charge in [-0.15, -0.1) is 0 Å². The molecule has 0 heterocycles. The lowest BCUT2D eigenvalue weighted by Gasteiger charge is -2.08. The van der Waals surface area contributed by atoms with Crippen LogP contribution >= 0.6 is 0 Å². The minimum absolute atomic E-state index is 0.294. The largest absolute Gasteiger partial charge is 0.445 e. The van der Waals surface area contributed by atoms with Crippen LogP contribution in [0.2, 0.25) is 0 Å². The van der Waals surface area contributed by atoms with Crippen molar-refractivity contribution in [2.24, 2.45) is 5.73 Å². The zero-order valence-electron chi connectivity index (χ0n) is 9.75. The van der Waals surface area contributed by atoms with Gasteiger partial charge in [-0.3, -0.25) is 0 Å². The fraction of sp³-hybridized carbons (Fsp3) is 0.417. The van der Waals surface area contributed by atoms with Crippen molar-refractivity contribution in [1.82, 2.24) is 5.32 Å². The molecule has 3 N–H and O–H groups in total. The van der Waals surface area contributed by atoms with E-state index in [1.54, 1.807) is 0 Å². The van der Waals surface area contributed by atoms with E-state index in [0.717, 1.165) is 11.1 Å². The van der Waals surface area contributed by atoms with E-state index in [1.165, 1.54) is 5.56 Å². The Morgan fingerprint density at radius 3 is 2.81 bits per heavy atom. The summed E-state index contributed by atoms with van der Waals surface area (Å²) in [6.45, 7) is 5.18. The molecule has 1 aromatic carbocycles. The number of carbonyl (C=O) groups is 1. The number of rotatable bonds is 4. The van der Waals surface area contributed by atoms with E-state index in [1.807, 2.05) is 26.0 Å². The Morgan fingerprint density at radius 2 is 2.19 bits per heavy atom. The van der Waals surface area contributed by atoms with E-state index in [9.17, 15) is 4.79 Å². The van der Waals surface area contributed by atoms with Crippen LogP contribution in [0.4, 0.5) is 4.79 Å². The highest BCUT2D eigenvalue weighted by Crippen LogP contribution is 2.11. The highest BCUT2D eigenvalue weighted by atomic mass is 16.5. The first-order valence-electron chi connectivity index (χ1n) is 5.30. The molecule has 0 radical (unpaired) electrons. The minimum atomic E-state index is -0.426. The maximum Gasteiger partial charge on any atom is 0.407 e. The molecule has 0 aliphatic heterocycles. The lowest BCUT2D eigenvalue weighted by atomic mass is 10.1.